The third-order valence-corrected chi connectivity index (χ3v) is 3.39. The molecule has 0 saturated carbocycles. The number of esters is 1. The van der Waals surface area contributed by atoms with Gasteiger partial charge in [-0.05, 0) is 36.2 Å². The van der Waals surface area contributed by atoms with Crippen LogP contribution in [-0.2, 0) is 4.79 Å². The highest BCUT2D eigenvalue weighted by Crippen LogP contribution is 2.20. The van der Waals surface area contributed by atoms with Crippen LogP contribution in [0.3, 0.4) is 0 Å². The average molecular weight is 291 g/mol. The minimum Gasteiger partial charge on any atom is -0.425 e. The minimum absolute atomic E-state index is 0.0289. The number of halogens is 1. The Kier molecular flexibility index (Phi) is 4.69. The molecule has 0 aliphatic carbocycles. The van der Waals surface area contributed by atoms with Crippen molar-refractivity contribution in [2.24, 2.45) is 5.92 Å². The second-order valence-corrected chi connectivity index (χ2v) is 5.13. The van der Waals surface area contributed by atoms with Gasteiger partial charge >= 0.3 is 5.97 Å². The molecular formula is C15H15ClN2O2. The molecular weight excluding hydrogens is 276 g/mol. The maximum Gasteiger partial charge on any atom is 0.329 e. The largest absolute Gasteiger partial charge is 0.425 e. The van der Waals surface area contributed by atoms with Gasteiger partial charge in [0.25, 0.3) is 0 Å². The number of ether oxygens (including phenoxy) is 1. The molecule has 0 fully saturated rings. The summed E-state index contributed by atoms with van der Waals surface area (Å²) in [6.07, 6.45) is 3.36. The summed E-state index contributed by atoms with van der Waals surface area (Å²) in [5, 5.41) is -0.646. The average Bonchev–Trinajstić information content (AvgIpc) is 2.48. The predicted octanol–water partition coefficient (Wildman–Crippen LogP) is 3.31. The first-order valence-electron chi connectivity index (χ1n) is 6.31. The first-order valence-corrected chi connectivity index (χ1v) is 6.75. The maximum absolute atomic E-state index is 11.7. The first kappa shape index (κ1) is 14.5. The Morgan fingerprint density at radius 2 is 1.75 bits per heavy atom. The lowest BCUT2D eigenvalue weighted by atomic mass is 10.1. The normalized spacial score (nSPS) is 12.2. The van der Waals surface area contributed by atoms with E-state index in [4.69, 9.17) is 16.3 Å². The lowest BCUT2D eigenvalue weighted by Gasteiger charge is -2.12. The molecule has 4 nitrogen and oxygen atoms in total. The molecule has 2 aromatic rings. The van der Waals surface area contributed by atoms with Gasteiger partial charge in [-0.15, -0.1) is 11.6 Å². The first-order chi connectivity index (χ1) is 9.58. The molecule has 0 bridgehead atoms. The Bertz CT molecular complexity index is 570. The molecule has 0 aliphatic rings. The number of carbonyl (C=O) groups is 1. The van der Waals surface area contributed by atoms with Crippen LogP contribution < -0.4 is 4.74 Å². The van der Waals surface area contributed by atoms with Crippen LogP contribution in [0.4, 0.5) is 0 Å². The van der Waals surface area contributed by atoms with E-state index in [1.807, 2.05) is 13.8 Å². The van der Waals surface area contributed by atoms with E-state index in [9.17, 15) is 4.79 Å². The van der Waals surface area contributed by atoms with E-state index in [1.54, 1.807) is 42.7 Å². The van der Waals surface area contributed by atoms with Gasteiger partial charge in [0.1, 0.15) is 11.1 Å². The molecule has 0 radical (unpaired) electrons. The smallest absolute Gasteiger partial charge is 0.329 e. The van der Waals surface area contributed by atoms with Gasteiger partial charge in [-0.2, -0.15) is 0 Å². The Hall–Kier alpha value is -1.94. The van der Waals surface area contributed by atoms with Crippen LogP contribution in [0.2, 0.25) is 0 Å². The second kappa shape index (κ2) is 6.48. The molecule has 0 N–H and O–H groups in total. The van der Waals surface area contributed by atoms with Gasteiger partial charge in [0.05, 0.1) is 0 Å². The lowest BCUT2D eigenvalue weighted by molar-refractivity contribution is -0.134. The van der Waals surface area contributed by atoms with Gasteiger partial charge in [0.2, 0.25) is 0 Å². The van der Waals surface area contributed by atoms with Crippen LogP contribution in [0, 0.1) is 5.92 Å². The Labute approximate surface area is 122 Å². The molecule has 0 amide bonds. The second-order valence-electron chi connectivity index (χ2n) is 4.66. The minimum atomic E-state index is -0.646. The molecule has 1 aromatic heterocycles. The molecule has 1 heterocycles. The van der Waals surface area contributed by atoms with Gasteiger partial charge in [-0.1, -0.05) is 13.8 Å². The molecule has 1 unspecified atom stereocenters. The van der Waals surface area contributed by atoms with Gasteiger partial charge < -0.3 is 4.74 Å². The van der Waals surface area contributed by atoms with Crippen molar-refractivity contribution >= 4 is 17.6 Å². The fourth-order valence-corrected chi connectivity index (χ4v) is 1.61. The molecule has 0 spiro atoms. The van der Waals surface area contributed by atoms with E-state index in [0.29, 0.717) is 11.6 Å². The van der Waals surface area contributed by atoms with Crippen LogP contribution in [-0.4, -0.2) is 21.3 Å². The van der Waals surface area contributed by atoms with Crippen LogP contribution in [0.1, 0.15) is 13.8 Å². The summed E-state index contributed by atoms with van der Waals surface area (Å²) in [5.74, 6) is 0.676. The Balaban J connectivity index is 2.08. The monoisotopic (exact) mass is 290 g/mol. The summed E-state index contributed by atoms with van der Waals surface area (Å²) in [7, 11) is 0. The predicted molar refractivity (Wildman–Crippen MR) is 77.6 cm³/mol. The van der Waals surface area contributed by atoms with E-state index in [1.165, 1.54) is 0 Å². The number of aromatic nitrogens is 2. The third kappa shape index (κ3) is 3.54. The standard InChI is InChI=1S/C15H15ClN2O2/c1-10(2)13(16)15(19)20-12-6-4-11(5-7-12)14-17-8-3-9-18-14/h3-10,13H,1-2H3. The van der Waals surface area contributed by atoms with Crippen LogP contribution >= 0.6 is 11.6 Å². The van der Waals surface area contributed by atoms with Gasteiger partial charge in [0, 0.05) is 18.0 Å². The maximum atomic E-state index is 11.7. The van der Waals surface area contributed by atoms with E-state index in [2.05, 4.69) is 9.97 Å². The summed E-state index contributed by atoms with van der Waals surface area (Å²) in [6.45, 7) is 3.74. The van der Waals surface area contributed by atoms with Gasteiger partial charge in [0.15, 0.2) is 5.82 Å². The zero-order valence-electron chi connectivity index (χ0n) is 11.3. The van der Waals surface area contributed by atoms with Crippen molar-refractivity contribution in [2.45, 2.75) is 19.2 Å². The van der Waals surface area contributed by atoms with Crippen molar-refractivity contribution in [2.75, 3.05) is 0 Å². The fraction of sp³-hybridized carbons (Fsp3) is 0.267. The number of hydrogen-bond donors (Lipinski definition) is 0. The number of hydrogen-bond acceptors (Lipinski definition) is 4. The molecule has 2 rings (SSSR count). The summed E-state index contributed by atoms with van der Waals surface area (Å²) in [6, 6.07) is 8.76. The summed E-state index contributed by atoms with van der Waals surface area (Å²) >= 11 is 5.95. The van der Waals surface area contributed by atoms with Crippen LogP contribution in [0.25, 0.3) is 11.4 Å². The number of rotatable bonds is 4. The van der Waals surface area contributed by atoms with Crippen molar-refractivity contribution < 1.29 is 9.53 Å². The molecule has 1 aromatic carbocycles. The summed E-state index contributed by atoms with van der Waals surface area (Å²) in [4.78, 5) is 20.0. The Morgan fingerprint density at radius 1 is 1.15 bits per heavy atom. The number of nitrogens with zero attached hydrogens (tertiary/aromatic N) is 2. The van der Waals surface area contributed by atoms with E-state index < -0.39 is 11.3 Å². The zero-order valence-corrected chi connectivity index (χ0v) is 12.0. The van der Waals surface area contributed by atoms with Crippen molar-refractivity contribution in [1.82, 2.24) is 9.97 Å². The van der Waals surface area contributed by atoms with Crippen LogP contribution in [0.15, 0.2) is 42.7 Å². The highest BCUT2D eigenvalue weighted by atomic mass is 35.5. The highest BCUT2D eigenvalue weighted by Gasteiger charge is 2.21. The summed E-state index contributed by atoms with van der Waals surface area (Å²) in [5.41, 5.74) is 0.858. The topological polar surface area (TPSA) is 52.1 Å². The third-order valence-electron chi connectivity index (χ3n) is 2.71. The molecule has 20 heavy (non-hydrogen) atoms. The van der Waals surface area contributed by atoms with Crippen LogP contribution in [0.5, 0.6) is 5.75 Å². The number of alkyl halides is 1. The molecule has 5 heteroatoms. The SMILES string of the molecule is CC(C)C(Cl)C(=O)Oc1ccc(-c2ncccn2)cc1. The van der Waals surface area contributed by atoms with E-state index in [0.717, 1.165) is 5.56 Å². The highest BCUT2D eigenvalue weighted by molar-refractivity contribution is 6.30. The fourth-order valence-electron chi connectivity index (χ4n) is 1.56. The van der Waals surface area contributed by atoms with E-state index >= 15 is 0 Å². The molecule has 0 aliphatic heterocycles. The quantitative estimate of drug-likeness (QED) is 0.492. The van der Waals surface area contributed by atoms with Gasteiger partial charge in [-0.25, -0.2) is 9.97 Å². The lowest BCUT2D eigenvalue weighted by Crippen LogP contribution is -2.25. The zero-order chi connectivity index (χ0) is 14.5. The summed E-state index contributed by atoms with van der Waals surface area (Å²) < 4.78 is 5.22. The van der Waals surface area contributed by atoms with Gasteiger partial charge in [-0.3, -0.25) is 4.79 Å². The number of benzene rings is 1. The van der Waals surface area contributed by atoms with Crippen molar-refractivity contribution in [3.8, 4) is 17.1 Å². The molecule has 0 saturated heterocycles. The molecule has 104 valence electrons. The van der Waals surface area contributed by atoms with Crippen molar-refractivity contribution in [3.05, 3.63) is 42.7 Å². The number of carbonyl (C=O) groups excluding carboxylic acids is 1. The van der Waals surface area contributed by atoms with Crippen molar-refractivity contribution in [3.63, 3.8) is 0 Å². The van der Waals surface area contributed by atoms with Crippen molar-refractivity contribution in [1.29, 1.82) is 0 Å². The Morgan fingerprint density at radius 3 is 2.30 bits per heavy atom. The molecule has 1 atom stereocenters. The van der Waals surface area contributed by atoms with E-state index in [-0.39, 0.29) is 5.92 Å².